The SMILES string of the molecule is CCCCCCCCCCCCC/C=C/[C@@H](O)[C@H](CO[C@@H]1OC(CO)[C@H](O)[C@H](O)C1O)NC(=O)CCCCCCCCCCCCCCCCCCCCCCC. The molecule has 338 valence electrons. The predicted octanol–water partition coefficient (Wildman–Crippen LogP) is 10.5. The number of aliphatic hydroxyl groups is 5. The highest BCUT2D eigenvalue weighted by atomic mass is 16.7. The van der Waals surface area contributed by atoms with Gasteiger partial charge in [0, 0.05) is 6.42 Å². The number of allylic oxidation sites excluding steroid dienone is 1. The van der Waals surface area contributed by atoms with Crippen LogP contribution in [-0.4, -0.2) is 87.5 Å². The summed E-state index contributed by atoms with van der Waals surface area (Å²) in [7, 11) is 0. The Kier molecular flexibility index (Phi) is 37.0. The van der Waals surface area contributed by atoms with E-state index in [4.69, 9.17) is 9.47 Å². The first-order chi connectivity index (χ1) is 27.8. The highest BCUT2D eigenvalue weighted by Crippen LogP contribution is 2.23. The van der Waals surface area contributed by atoms with Crippen LogP contribution in [-0.2, 0) is 14.3 Å². The molecule has 0 radical (unpaired) electrons. The molecule has 0 aliphatic carbocycles. The number of carbonyl (C=O) groups is 1. The Bertz CT molecular complexity index is 904. The minimum atomic E-state index is -1.56. The lowest BCUT2D eigenvalue weighted by Gasteiger charge is -2.40. The van der Waals surface area contributed by atoms with Gasteiger partial charge in [-0.05, 0) is 19.3 Å². The summed E-state index contributed by atoms with van der Waals surface area (Å²) in [5.41, 5.74) is 0. The molecule has 2 unspecified atom stereocenters. The molecule has 0 saturated carbocycles. The zero-order valence-corrected chi connectivity index (χ0v) is 37.1. The second-order valence-corrected chi connectivity index (χ2v) is 17.3. The molecule has 1 rings (SSSR count). The lowest BCUT2D eigenvalue weighted by Crippen LogP contribution is -2.60. The molecule has 1 aliphatic heterocycles. The molecule has 1 fully saturated rings. The van der Waals surface area contributed by atoms with Gasteiger partial charge in [0.2, 0.25) is 5.91 Å². The zero-order chi connectivity index (χ0) is 41.6. The number of ether oxygens (including phenoxy) is 2. The number of hydrogen-bond acceptors (Lipinski definition) is 8. The third kappa shape index (κ3) is 29.7. The fourth-order valence-corrected chi connectivity index (χ4v) is 7.92. The third-order valence-corrected chi connectivity index (χ3v) is 11.9. The molecule has 57 heavy (non-hydrogen) atoms. The van der Waals surface area contributed by atoms with Crippen molar-refractivity contribution >= 4 is 5.91 Å². The number of hydrogen-bond donors (Lipinski definition) is 6. The van der Waals surface area contributed by atoms with Crippen LogP contribution in [0.3, 0.4) is 0 Å². The van der Waals surface area contributed by atoms with E-state index in [1.54, 1.807) is 6.08 Å². The van der Waals surface area contributed by atoms with Crippen LogP contribution < -0.4 is 5.32 Å². The summed E-state index contributed by atoms with van der Waals surface area (Å²) in [6.07, 6.45) is 38.3. The van der Waals surface area contributed by atoms with Gasteiger partial charge in [0.05, 0.1) is 25.4 Å². The van der Waals surface area contributed by atoms with Gasteiger partial charge in [-0.3, -0.25) is 4.79 Å². The average molecular weight is 812 g/mol. The van der Waals surface area contributed by atoms with Crippen LogP contribution in [0.25, 0.3) is 0 Å². The van der Waals surface area contributed by atoms with Gasteiger partial charge >= 0.3 is 0 Å². The summed E-state index contributed by atoms with van der Waals surface area (Å²) in [6, 6.07) is -0.798. The van der Waals surface area contributed by atoms with Crippen molar-refractivity contribution in [1.82, 2.24) is 5.32 Å². The van der Waals surface area contributed by atoms with E-state index in [-0.39, 0.29) is 12.5 Å². The van der Waals surface area contributed by atoms with E-state index in [1.807, 2.05) is 6.08 Å². The number of rotatable bonds is 41. The van der Waals surface area contributed by atoms with Gasteiger partial charge < -0.3 is 40.3 Å². The maximum Gasteiger partial charge on any atom is 0.220 e. The molecular formula is C48H93NO8. The third-order valence-electron chi connectivity index (χ3n) is 11.9. The number of carbonyl (C=O) groups excluding carboxylic acids is 1. The molecule has 7 atom stereocenters. The smallest absolute Gasteiger partial charge is 0.220 e. The van der Waals surface area contributed by atoms with Gasteiger partial charge in [-0.25, -0.2) is 0 Å². The van der Waals surface area contributed by atoms with Crippen molar-refractivity contribution in [3.05, 3.63) is 12.2 Å². The lowest BCUT2D eigenvalue weighted by atomic mass is 9.99. The van der Waals surface area contributed by atoms with Crippen molar-refractivity contribution in [2.24, 2.45) is 0 Å². The molecule has 1 heterocycles. The van der Waals surface area contributed by atoms with Crippen molar-refractivity contribution in [2.75, 3.05) is 13.2 Å². The number of aliphatic hydroxyl groups excluding tert-OH is 5. The van der Waals surface area contributed by atoms with Crippen molar-refractivity contribution in [3.8, 4) is 0 Å². The van der Waals surface area contributed by atoms with E-state index in [0.29, 0.717) is 6.42 Å². The van der Waals surface area contributed by atoms with Crippen molar-refractivity contribution in [3.63, 3.8) is 0 Å². The molecule has 1 aliphatic rings. The summed E-state index contributed by atoms with van der Waals surface area (Å²) >= 11 is 0. The van der Waals surface area contributed by atoms with Gasteiger partial charge in [-0.15, -0.1) is 0 Å². The van der Waals surface area contributed by atoms with Gasteiger partial charge in [0.25, 0.3) is 0 Å². The predicted molar refractivity (Wildman–Crippen MR) is 235 cm³/mol. The van der Waals surface area contributed by atoms with Crippen LogP contribution >= 0.6 is 0 Å². The summed E-state index contributed by atoms with van der Waals surface area (Å²) in [5.74, 6) is -0.173. The Hall–Kier alpha value is -1.07. The Morgan fingerprint density at radius 1 is 0.579 bits per heavy atom. The fraction of sp³-hybridized carbons (Fsp3) is 0.938. The minimum Gasteiger partial charge on any atom is -0.394 e. The summed E-state index contributed by atoms with van der Waals surface area (Å²) in [6.45, 7) is 3.79. The van der Waals surface area contributed by atoms with Crippen LogP contribution in [0.1, 0.15) is 232 Å². The van der Waals surface area contributed by atoms with E-state index in [0.717, 1.165) is 38.5 Å². The first-order valence-corrected chi connectivity index (χ1v) is 24.4. The Balaban J connectivity index is 2.27. The molecule has 1 saturated heterocycles. The largest absolute Gasteiger partial charge is 0.394 e. The second kappa shape index (κ2) is 39.1. The topological polar surface area (TPSA) is 149 Å². The first kappa shape index (κ1) is 53.9. The second-order valence-electron chi connectivity index (χ2n) is 17.3. The summed E-state index contributed by atoms with van der Waals surface area (Å²) < 4.78 is 11.2. The molecule has 0 aromatic rings. The van der Waals surface area contributed by atoms with E-state index in [1.165, 1.54) is 173 Å². The molecular weight excluding hydrogens is 719 g/mol. The normalized spacial score (nSPS) is 21.0. The Morgan fingerprint density at radius 3 is 1.37 bits per heavy atom. The van der Waals surface area contributed by atoms with Crippen molar-refractivity contribution in [2.45, 2.75) is 275 Å². The zero-order valence-electron chi connectivity index (χ0n) is 37.1. The van der Waals surface area contributed by atoms with Gasteiger partial charge in [-0.1, -0.05) is 219 Å². The summed E-state index contributed by atoms with van der Waals surface area (Å²) in [4.78, 5) is 13.0. The van der Waals surface area contributed by atoms with E-state index in [2.05, 4.69) is 19.2 Å². The molecule has 0 bridgehead atoms. The van der Waals surface area contributed by atoms with Crippen LogP contribution in [0.5, 0.6) is 0 Å². The number of unbranched alkanes of at least 4 members (excludes halogenated alkanes) is 31. The van der Waals surface area contributed by atoms with Crippen LogP contribution in [0.4, 0.5) is 0 Å². The molecule has 9 heteroatoms. The monoisotopic (exact) mass is 812 g/mol. The van der Waals surface area contributed by atoms with Gasteiger partial charge in [0.1, 0.15) is 24.4 Å². The van der Waals surface area contributed by atoms with Crippen LogP contribution in [0.2, 0.25) is 0 Å². The van der Waals surface area contributed by atoms with Crippen molar-refractivity contribution < 1.29 is 39.8 Å². The minimum absolute atomic E-state index is 0.173. The molecule has 9 nitrogen and oxygen atoms in total. The van der Waals surface area contributed by atoms with Crippen LogP contribution in [0, 0.1) is 0 Å². The average Bonchev–Trinajstić information content (AvgIpc) is 3.21. The molecule has 0 aromatic heterocycles. The van der Waals surface area contributed by atoms with E-state index < -0.39 is 49.5 Å². The fourth-order valence-electron chi connectivity index (χ4n) is 7.92. The number of amides is 1. The van der Waals surface area contributed by atoms with Crippen molar-refractivity contribution in [1.29, 1.82) is 0 Å². The molecule has 6 N–H and O–H groups in total. The van der Waals surface area contributed by atoms with E-state index in [9.17, 15) is 30.3 Å². The quantitative estimate of drug-likeness (QED) is 0.0264. The van der Waals surface area contributed by atoms with Crippen LogP contribution in [0.15, 0.2) is 12.2 Å². The molecule has 0 aromatic carbocycles. The molecule has 0 spiro atoms. The highest BCUT2D eigenvalue weighted by Gasteiger charge is 2.44. The maximum atomic E-state index is 13.0. The van der Waals surface area contributed by atoms with E-state index >= 15 is 0 Å². The van der Waals surface area contributed by atoms with Gasteiger partial charge in [-0.2, -0.15) is 0 Å². The lowest BCUT2D eigenvalue weighted by molar-refractivity contribution is -0.302. The maximum absolute atomic E-state index is 13.0. The number of nitrogens with one attached hydrogen (secondary N) is 1. The Morgan fingerprint density at radius 2 is 0.965 bits per heavy atom. The Labute approximate surface area is 350 Å². The van der Waals surface area contributed by atoms with Gasteiger partial charge in [0.15, 0.2) is 6.29 Å². The first-order valence-electron chi connectivity index (χ1n) is 24.4. The highest BCUT2D eigenvalue weighted by molar-refractivity contribution is 5.76. The molecule has 1 amide bonds. The standard InChI is InChI=1S/C48H93NO8/c1-3-5-7-9-11-13-15-17-18-19-20-21-22-23-24-26-28-30-32-34-36-38-44(52)49-41(40-56-48-47(55)46(54)45(53)43(39-50)57-48)42(51)37-35-33-31-29-27-25-16-14-12-10-8-6-4-2/h35,37,41-43,45-48,50-51,53-55H,3-34,36,38-40H2,1-2H3,(H,49,52)/b37-35+/t41-,42+,43?,45-,46-,47?,48+/m0/s1. The summed E-state index contributed by atoms with van der Waals surface area (Å²) in [5, 5.41) is 54.2.